The molecule has 0 saturated carbocycles. The fourth-order valence-corrected chi connectivity index (χ4v) is 9.39. The number of benzene rings is 1. The lowest BCUT2D eigenvalue weighted by molar-refractivity contribution is -0.160. The number of carbonyl (C=O) groups excluding carboxylic acids is 3. The number of hydrogen-bond acceptors (Lipinski definition) is 10. The number of imidazole rings is 1. The Hall–Kier alpha value is -3.80. The van der Waals surface area contributed by atoms with Crippen molar-refractivity contribution in [2.45, 2.75) is 117 Å². The van der Waals surface area contributed by atoms with Crippen molar-refractivity contribution in [3.8, 4) is 11.3 Å². The molecule has 1 fully saturated rings. The molecule has 292 valence electrons. The standard InChI is InChI=1S/C39H56FN4O8P/c1-11-49-53(48)23-22-42(26-28-17-18-29(40)24-30(28)31-25-41-32-16-12-14-20-43(31)32)27-39(53,33(45)50-36(2,3)4)19-13-15-21-44(34(46)51-37(5,6)7)35(47)52-38(8,9)10/h12,14,16-18,20,24-25H,11,13,15,19,21-23,26-27H2,1-10H3/t39-,53?/m0/s1. The topological polar surface area (TPSA) is 129 Å². The molecule has 0 aliphatic carbocycles. The molecule has 2 amide bonds. The molecule has 3 heterocycles. The van der Waals surface area contributed by atoms with Gasteiger partial charge in [0.1, 0.15) is 28.3 Å². The van der Waals surface area contributed by atoms with Crippen molar-refractivity contribution in [3.05, 3.63) is 60.2 Å². The third-order valence-electron chi connectivity index (χ3n) is 8.57. The summed E-state index contributed by atoms with van der Waals surface area (Å²) >= 11 is 0. The van der Waals surface area contributed by atoms with Gasteiger partial charge in [-0.15, -0.1) is 0 Å². The molecule has 1 unspecified atom stereocenters. The van der Waals surface area contributed by atoms with Gasteiger partial charge in [0.05, 0.1) is 18.5 Å². The number of fused-ring (bicyclic) bond motifs is 1. The number of aromatic nitrogens is 2. The van der Waals surface area contributed by atoms with Crippen molar-refractivity contribution >= 4 is 31.2 Å². The van der Waals surface area contributed by atoms with Gasteiger partial charge in [-0.25, -0.2) is 23.9 Å². The molecular formula is C39H56FN4O8P. The van der Waals surface area contributed by atoms with E-state index in [4.69, 9.17) is 18.7 Å². The van der Waals surface area contributed by atoms with Crippen LogP contribution in [0.3, 0.4) is 0 Å². The number of esters is 1. The number of ether oxygens (including phenoxy) is 3. The van der Waals surface area contributed by atoms with E-state index in [0.29, 0.717) is 30.0 Å². The van der Waals surface area contributed by atoms with E-state index in [9.17, 15) is 23.3 Å². The fraction of sp³-hybridized carbons (Fsp3) is 0.590. The van der Waals surface area contributed by atoms with Crippen LogP contribution < -0.4 is 0 Å². The quantitative estimate of drug-likeness (QED) is 0.0811. The Bertz CT molecular complexity index is 1800. The van der Waals surface area contributed by atoms with Crippen LogP contribution in [0.4, 0.5) is 14.0 Å². The Labute approximate surface area is 312 Å². The zero-order valence-electron chi connectivity index (χ0n) is 32.9. The van der Waals surface area contributed by atoms with Gasteiger partial charge in [-0.05, 0) is 118 Å². The lowest BCUT2D eigenvalue weighted by Gasteiger charge is -2.46. The Kier molecular flexibility index (Phi) is 12.9. The maximum atomic E-state index is 14.9. The zero-order chi connectivity index (χ0) is 39.4. The third kappa shape index (κ3) is 10.7. The predicted molar refractivity (Wildman–Crippen MR) is 202 cm³/mol. The molecule has 12 nitrogen and oxygen atoms in total. The number of pyridine rings is 1. The molecule has 53 heavy (non-hydrogen) atoms. The average molecular weight is 759 g/mol. The average Bonchev–Trinajstić information content (AvgIpc) is 3.45. The predicted octanol–water partition coefficient (Wildman–Crippen LogP) is 8.69. The summed E-state index contributed by atoms with van der Waals surface area (Å²) in [6.45, 7) is 18.0. The van der Waals surface area contributed by atoms with Gasteiger partial charge in [0.15, 0.2) is 5.16 Å². The van der Waals surface area contributed by atoms with Crippen LogP contribution in [0.5, 0.6) is 0 Å². The summed E-state index contributed by atoms with van der Waals surface area (Å²) in [4.78, 5) is 48.2. The molecule has 3 aromatic rings. The molecule has 1 aliphatic heterocycles. The smallest absolute Gasteiger partial charge is 0.419 e. The Morgan fingerprint density at radius 2 is 1.57 bits per heavy atom. The summed E-state index contributed by atoms with van der Waals surface area (Å²) < 4.78 is 54.7. The van der Waals surface area contributed by atoms with E-state index in [2.05, 4.69) is 4.98 Å². The van der Waals surface area contributed by atoms with Gasteiger partial charge in [-0.3, -0.25) is 18.7 Å². The minimum absolute atomic E-state index is 0.0466. The summed E-state index contributed by atoms with van der Waals surface area (Å²) in [5, 5.41) is -1.57. The second kappa shape index (κ2) is 16.3. The first-order chi connectivity index (χ1) is 24.6. The first-order valence-electron chi connectivity index (χ1n) is 18.2. The number of rotatable bonds is 11. The minimum Gasteiger partial charge on any atom is -0.459 e. The van der Waals surface area contributed by atoms with Gasteiger partial charge in [0, 0.05) is 44.1 Å². The summed E-state index contributed by atoms with van der Waals surface area (Å²) in [5.41, 5.74) is 0.274. The van der Waals surface area contributed by atoms with Crippen molar-refractivity contribution in [3.63, 3.8) is 0 Å². The van der Waals surface area contributed by atoms with Crippen LogP contribution >= 0.6 is 7.37 Å². The van der Waals surface area contributed by atoms with Crippen LogP contribution in [0, 0.1) is 5.82 Å². The second-order valence-electron chi connectivity index (χ2n) is 16.5. The summed E-state index contributed by atoms with van der Waals surface area (Å²) in [6, 6.07) is 10.2. The number of nitrogens with zero attached hydrogens (tertiary/aromatic N) is 4. The SMILES string of the molecule is CCOP1(=O)CCN(Cc2ccc(F)cc2-c2cnc3ccccn23)C[C@@]1(CCCCN(C(=O)OC(C)(C)C)C(=O)OC(C)(C)C)C(=O)OC(C)(C)C. The van der Waals surface area contributed by atoms with Crippen molar-refractivity contribution in [2.24, 2.45) is 0 Å². The van der Waals surface area contributed by atoms with Crippen LogP contribution in [0.1, 0.15) is 94.1 Å². The normalized spacial score (nSPS) is 19.9. The highest BCUT2D eigenvalue weighted by atomic mass is 31.2. The molecule has 2 atom stereocenters. The van der Waals surface area contributed by atoms with Crippen molar-refractivity contribution < 1.29 is 42.1 Å². The number of amides is 2. The van der Waals surface area contributed by atoms with E-state index >= 15 is 0 Å². The summed E-state index contributed by atoms with van der Waals surface area (Å²) in [7, 11) is -3.68. The van der Waals surface area contributed by atoms with Crippen molar-refractivity contribution in [1.29, 1.82) is 0 Å². The number of hydrogen-bond donors (Lipinski definition) is 0. The third-order valence-corrected chi connectivity index (χ3v) is 11.9. The van der Waals surface area contributed by atoms with Crippen LogP contribution in [-0.4, -0.2) is 91.7 Å². The lowest BCUT2D eigenvalue weighted by Crippen LogP contribution is -2.56. The van der Waals surface area contributed by atoms with Gasteiger partial charge in [-0.2, -0.15) is 0 Å². The molecule has 1 saturated heterocycles. The highest BCUT2D eigenvalue weighted by molar-refractivity contribution is 7.62. The molecule has 1 aliphatic rings. The van der Waals surface area contributed by atoms with Crippen LogP contribution in [0.15, 0.2) is 48.8 Å². The monoisotopic (exact) mass is 758 g/mol. The Balaban J connectivity index is 1.66. The number of halogens is 1. The molecule has 0 spiro atoms. The fourth-order valence-electron chi connectivity index (χ4n) is 6.38. The van der Waals surface area contributed by atoms with Gasteiger partial charge >= 0.3 is 18.2 Å². The van der Waals surface area contributed by atoms with E-state index < -0.39 is 53.3 Å². The summed E-state index contributed by atoms with van der Waals surface area (Å²) in [5.74, 6) is -1.03. The number of carbonyl (C=O) groups is 3. The maximum absolute atomic E-state index is 14.9. The van der Waals surface area contributed by atoms with Crippen LogP contribution in [0.2, 0.25) is 0 Å². The molecule has 0 bridgehead atoms. The zero-order valence-corrected chi connectivity index (χ0v) is 33.8. The van der Waals surface area contributed by atoms with Gasteiger partial charge in [-0.1, -0.05) is 12.1 Å². The molecule has 2 aromatic heterocycles. The van der Waals surface area contributed by atoms with Gasteiger partial charge in [0.2, 0.25) is 7.37 Å². The van der Waals surface area contributed by atoms with E-state index in [1.807, 2.05) is 33.7 Å². The molecule has 1 aromatic carbocycles. The summed E-state index contributed by atoms with van der Waals surface area (Å²) in [6.07, 6.45) is 2.60. The van der Waals surface area contributed by atoms with E-state index in [0.717, 1.165) is 10.5 Å². The molecule has 0 radical (unpaired) electrons. The van der Waals surface area contributed by atoms with E-state index in [1.54, 1.807) is 81.5 Å². The molecule has 4 rings (SSSR count). The van der Waals surface area contributed by atoms with Crippen molar-refractivity contribution in [1.82, 2.24) is 19.2 Å². The highest BCUT2D eigenvalue weighted by Gasteiger charge is 2.59. The molecule has 0 N–H and O–H groups in total. The van der Waals surface area contributed by atoms with Crippen LogP contribution in [0.25, 0.3) is 16.9 Å². The number of imide groups is 1. The Morgan fingerprint density at radius 3 is 2.17 bits per heavy atom. The first-order valence-corrected chi connectivity index (χ1v) is 20.0. The molecule has 14 heteroatoms. The Morgan fingerprint density at radius 1 is 0.925 bits per heavy atom. The largest absolute Gasteiger partial charge is 0.459 e. The van der Waals surface area contributed by atoms with Gasteiger partial charge in [0.25, 0.3) is 0 Å². The van der Waals surface area contributed by atoms with E-state index in [-0.39, 0.29) is 45.1 Å². The second-order valence-corrected chi connectivity index (χ2v) is 19.4. The highest BCUT2D eigenvalue weighted by Crippen LogP contribution is 2.64. The van der Waals surface area contributed by atoms with Gasteiger partial charge < -0.3 is 18.7 Å². The lowest BCUT2D eigenvalue weighted by atomic mass is 9.97. The first kappa shape index (κ1) is 41.9. The molecular weight excluding hydrogens is 702 g/mol. The number of unbranched alkanes of at least 4 members (excludes halogenated alkanes) is 1. The minimum atomic E-state index is -3.68. The maximum Gasteiger partial charge on any atom is 0.419 e. The van der Waals surface area contributed by atoms with E-state index in [1.165, 1.54) is 12.1 Å². The van der Waals surface area contributed by atoms with Crippen LogP contribution in [-0.2, 0) is 34.6 Å². The van der Waals surface area contributed by atoms with Crippen molar-refractivity contribution in [2.75, 3.05) is 32.4 Å².